The Labute approximate surface area is 425 Å². The summed E-state index contributed by atoms with van der Waals surface area (Å²) >= 11 is 0. The standard InChI is InChI=1S/C60H113NO8/c1-3-5-7-9-11-12-13-14-15-16-17-18-19-20-21-22-23-24-25-26-27-28-29-30-31-32-33-34-35-36-37-38-39-40-41-42-44-46-48-50-56(64)61-53(54(63)49-47-45-43-10-8-6-4-2)52-68-60-59(67)58(66)57(65)55(51-62)69-60/h8,10,16-17,47,49,53-55,57-60,62-63,65-67H,3-7,9,11-15,18-46,48,50-52H2,1-2H3,(H,61,64)/b10-8+,17-16-,49-47+. The number of aliphatic hydroxyl groups is 5. The zero-order valence-corrected chi connectivity index (χ0v) is 45.1. The second-order valence-electron chi connectivity index (χ2n) is 20.8. The van der Waals surface area contributed by atoms with Crippen molar-refractivity contribution in [3.63, 3.8) is 0 Å². The van der Waals surface area contributed by atoms with Gasteiger partial charge in [0.25, 0.3) is 0 Å². The molecule has 0 bridgehead atoms. The fourth-order valence-corrected chi connectivity index (χ4v) is 9.47. The van der Waals surface area contributed by atoms with Gasteiger partial charge in [0.1, 0.15) is 24.4 Å². The predicted octanol–water partition coefficient (Wildman–Crippen LogP) is 14.7. The molecule has 69 heavy (non-hydrogen) atoms. The van der Waals surface area contributed by atoms with Crippen LogP contribution >= 0.6 is 0 Å². The van der Waals surface area contributed by atoms with Gasteiger partial charge in [-0.3, -0.25) is 4.79 Å². The topological polar surface area (TPSA) is 149 Å². The first-order chi connectivity index (χ1) is 33.8. The van der Waals surface area contributed by atoms with E-state index in [0.29, 0.717) is 6.42 Å². The van der Waals surface area contributed by atoms with Crippen LogP contribution in [0.3, 0.4) is 0 Å². The Kier molecular flexibility index (Phi) is 47.4. The van der Waals surface area contributed by atoms with E-state index in [9.17, 15) is 30.3 Å². The second kappa shape index (κ2) is 50.0. The van der Waals surface area contributed by atoms with E-state index in [0.717, 1.165) is 44.9 Å². The Morgan fingerprint density at radius 3 is 1.28 bits per heavy atom. The van der Waals surface area contributed by atoms with Crippen LogP contribution in [0.25, 0.3) is 0 Å². The molecular weight excluding hydrogens is 863 g/mol. The fourth-order valence-electron chi connectivity index (χ4n) is 9.47. The quantitative estimate of drug-likeness (QED) is 0.0261. The van der Waals surface area contributed by atoms with Crippen LogP contribution < -0.4 is 5.32 Å². The zero-order valence-electron chi connectivity index (χ0n) is 45.1. The maximum atomic E-state index is 12.9. The average Bonchev–Trinajstić information content (AvgIpc) is 3.35. The summed E-state index contributed by atoms with van der Waals surface area (Å²) in [6, 6.07) is -0.816. The van der Waals surface area contributed by atoms with Crippen LogP contribution in [0.4, 0.5) is 0 Å². The summed E-state index contributed by atoms with van der Waals surface area (Å²) in [5.74, 6) is -0.187. The molecule has 1 rings (SSSR count). The molecule has 1 amide bonds. The van der Waals surface area contributed by atoms with E-state index in [2.05, 4.69) is 43.5 Å². The van der Waals surface area contributed by atoms with Gasteiger partial charge in [0.2, 0.25) is 5.91 Å². The summed E-state index contributed by atoms with van der Waals surface area (Å²) < 4.78 is 11.2. The number of hydrogen-bond acceptors (Lipinski definition) is 8. The van der Waals surface area contributed by atoms with Crippen molar-refractivity contribution < 1.29 is 39.8 Å². The van der Waals surface area contributed by atoms with E-state index >= 15 is 0 Å². The van der Waals surface area contributed by atoms with Gasteiger partial charge in [-0.05, 0) is 51.4 Å². The molecule has 0 aromatic rings. The van der Waals surface area contributed by atoms with Gasteiger partial charge >= 0.3 is 0 Å². The molecule has 0 spiro atoms. The molecule has 0 aromatic heterocycles. The van der Waals surface area contributed by atoms with Crippen molar-refractivity contribution in [2.75, 3.05) is 13.2 Å². The molecule has 1 heterocycles. The van der Waals surface area contributed by atoms with Gasteiger partial charge in [0, 0.05) is 6.42 Å². The van der Waals surface area contributed by atoms with E-state index < -0.39 is 49.5 Å². The minimum atomic E-state index is -1.57. The first-order valence-electron chi connectivity index (χ1n) is 29.7. The van der Waals surface area contributed by atoms with Gasteiger partial charge in [-0.15, -0.1) is 0 Å². The number of rotatable bonds is 51. The molecule has 0 aromatic carbocycles. The van der Waals surface area contributed by atoms with Gasteiger partial charge in [-0.2, -0.15) is 0 Å². The smallest absolute Gasteiger partial charge is 0.220 e. The number of amides is 1. The third-order valence-electron chi connectivity index (χ3n) is 14.2. The first kappa shape index (κ1) is 65.4. The second-order valence-corrected chi connectivity index (χ2v) is 20.8. The molecule has 7 unspecified atom stereocenters. The van der Waals surface area contributed by atoms with Gasteiger partial charge in [0.15, 0.2) is 6.29 Å². The number of aliphatic hydroxyl groups excluding tert-OH is 5. The van der Waals surface area contributed by atoms with Crippen molar-refractivity contribution in [2.45, 2.75) is 326 Å². The highest BCUT2D eigenvalue weighted by Gasteiger charge is 2.44. The summed E-state index contributed by atoms with van der Waals surface area (Å²) in [5, 5.41) is 54.0. The van der Waals surface area contributed by atoms with E-state index in [1.54, 1.807) is 6.08 Å². The van der Waals surface area contributed by atoms with Crippen molar-refractivity contribution >= 4 is 5.91 Å². The van der Waals surface area contributed by atoms with E-state index in [1.807, 2.05) is 6.08 Å². The molecule has 0 radical (unpaired) electrons. The Balaban J connectivity index is 1.95. The van der Waals surface area contributed by atoms with Crippen molar-refractivity contribution in [1.29, 1.82) is 0 Å². The minimum Gasteiger partial charge on any atom is -0.394 e. The molecule has 1 saturated heterocycles. The minimum absolute atomic E-state index is 0.187. The lowest BCUT2D eigenvalue weighted by Gasteiger charge is -2.40. The largest absolute Gasteiger partial charge is 0.394 e. The lowest BCUT2D eigenvalue weighted by molar-refractivity contribution is -0.302. The number of hydrogen-bond donors (Lipinski definition) is 6. The number of ether oxygens (including phenoxy) is 2. The summed E-state index contributed by atoms with van der Waals surface area (Å²) in [5.41, 5.74) is 0. The van der Waals surface area contributed by atoms with Crippen LogP contribution in [-0.4, -0.2) is 87.5 Å². The Morgan fingerprint density at radius 1 is 0.478 bits per heavy atom. The van der Waals surface area contributed by atoms with Gasteiger partial charge in [-0.1, -0.05) is 262 Å². The number of carbonyl (C=O) groups excluding carboxylic acids is 1. The molecule has 0 saturated carbocycles. The van der Waals surface area contributed by atoms with E-state index in [1.165, 1.54) is 218 Å². The maximum Gasteiger partial charge on any atom is 0.220 e. The van der Waals surface area contributed by atoms with Crippen molar-refractivity contribution in [3.8, 4) is 0 Å². The van der Waals surface area contributed by atoms with Crippen molar-refractivity contribution in [3.05, 3.63) is 36.5 Å². The van der Waals surface area contributed by atoms with Crippen LogP contribution in [-0.2, 0) is 14.3 Å². The monoisotopic (exact) mass is 976 g/mol. The first-order valence-corrected chi connectivity index (χ1v) is 29.7. The Morgan fingerprint density at radius 2 is 0.855 bits per heavy atom. The molecule has 406 valence electrons. The third kappa shape index (κ3) is 39.6. The number of unbranched alkanes of at least 4 members (excludes halogenated alkanes) is 37. The van der Waals surface area contributed by atoms with Gasteiger partial charge < -0.3 is 40.3 Å². The van der Waals surface area contributed by atoms with Crippen LogP contribution in [0.15, 0.2) is 36.5 Å². The van der Waals surface area contributed by atoms with E-state index in [-0.39, 0.29) is 12.5 Å². The molecule has 1 aliphatic heterocycles. The van der Waals surface area contributed by atoms with Gasteiger partial charge in [0.05, 0.1) is 25.4 Å². The SMILES string of the molecule is CCC/C=C/CC/C=C/C(O)C(COC1OC(CO)C(O)C(O)C1O)NC(=O)CCCCCCCCCCCCCCCCCCCCCCCCCCCCC/C=C\CCCCCCCCCC. The normalized spacial score (nSPS) is 19.7. The maximum absolute atomic E-state index is 12.9. The average molecular weight is 977 g/mol. The van der Waals surface area contributed by atoms with E-state index in [4.69, 9.17) is 9.47 Å². The molecule has 1 fully saturated rings. The molecule has 1 aliphatic rings. The van der Waals surface area contributed by atoms with Crippen LogP contribution in [0.1, 0.15) is 284 Å². The van der Waals surface area contributed by atoms with Crippen LogP contribution in [0.5, 0.6) is 0 Å². The summed E-state index contributed by atoms with van der Waals surface area (Å²) in [7, 11) is 0. The molecule has 6 N–H and O–H groups in total. The highest BCUT2D eigenvalue weighted by Crippen LogP contribution is 2.23. The molecule has 9 heteroatoms. The predicted molar refractivity (Wildman–Crippen MR) is 290 cm³/mol. The molecule has 9 nitrogen and oxygen atoms in total. The van der Waals surface area contributed by atoms with Crippen molar-refractivity contribution in [1.82, 2.24) is 5.32 Å². The fraction of sp³-hybridized carbons (Fsp3) is 0.883. The lowest BCUT2D eigenvalue weighted by atomic mass is 9.99. The highest BCUT2D eigenvalue weighted by atomic mass is 16.7. The number of carbonyl (C=O) groups is 1. The molecule has 7 atom stereocenters. The Hall–Kier alpha value is -1.59. The van der Waals surface area contributed by atoms with Crippen LogP contribution in [0, 0.1) is 0 Å². The summed E-state index contributed by atoms with van der Waals surface area (Å²) in [6.45, 7) is 3.66. The number of allylic oxidation sites excluding steroid dienone is 5. The van der Waals surface area contributed by atoms with Gasteiger partial charge in [-0.25, -0.2) is 0 Å². The number of nitrogens with one attached hydrogen (secondary N) is 1. The third-order valence-corrected chi connectivity index (χ3v) is 14.2. The van der Waals surface area contributed by atoms with Crippen LogP contribution in [0.2, 0.25) is 0 Å². The van der Waals surface area contributed by atoms with Crippen molar-refractivity contribution in [2.24, 2.45) is 0 Å². The lowest BCUT2D eigenvalue weighted by Crippen LogP contribution is -2.60. The zero-order chi connectivity index (χ0) is 50.1. The highest BCUT2D eigenvalue weighted by molar-refractivity contribution is 5.76. The molecule has 0 aliphatic carbocycles. The molecular formula is C60H113NO8. The summed E-state index contributed by atoms with van der Waals surface area (Å²) in [6.07, 6.45) is 58.7. The summed E-state index contributed by atoms with van der Waals surface area (Å²) in [4.78, 5) is 12.9. The Bertz CT molecular complexity index is 1180.